The first-order valence-corrected chi connectivity index (χ1v) is 9.87. The van der Waals surface area contributed by atoms with Gasteiger partial charge >= 0.3 is 0 Å². The molecule has 1 aliphatic carbocycles. The molecule has 1 aliphatic rings. The van der Waals surface area contributed by atoms with Crippen molar-refractivity contribution in [2.24, 2.45) is 4.99 Å². The number of anilines is 1. The predicted molar refractivity (Wildman–Crippen MR) is 114 cm³/mol. The lowest BCUT2D eigenvalue weighted by Crippen LogP contribution is -2.32. The van der Waals surface area contributed by atoms with E-state index in [9.17, 15) is 5.11 Å². The fourth-order valence-electron chi connectivity index (χ4n) is 3.75. The third kappa shape index (κ3) is 5.10. The third-order valence-electron chi connectivity index (χ3n) is 5.48. The fourth-order valence-corrected chi connectivity index (χ4v) is 3.75. The fraction of sp³-hybridized carbons (Fsp3) is 0.435. The van der Waals surface area contributed by atoms with Crippen molar-refractivity contribution in [3.05, 3.63) is 53.6 Å². The molecule has 144 valence electrons. The second kappa shape index (κ2) is 9.05. The summed E-state index contributed by atoms with van der Waals surface area (Å²) in [4.78, 5) is 9.12. The van der Waals surface area contributed by atoms with E-state index in [4.69, 9.17) is 0 Å². The van der Waals surface area contributed by atoms with Gasteiger partial charge in [0.25, 0.3) is 0 Å². The van der Waals surface area contributed by atoms with Crippen molar-refractivity contribution in [2.75, 3.05) is 26.0 Å². The molecule has 0 heterocycles. The Morgan fingerprint density at radius 1 is 1.04 bits per heavy atom. The normalized spacial score (nSPS) is 15.6. The highest BCUT2D eigenvalue weighted by molar-refractivity contribution is 5.86. The van der Waals surface area contributed by atoms with Crippen LogP contribution in [0.4, 0.5) is 11.4 Å². The molecule has 0 radical (unpaired) electrons. The number of nitrogens with zero attached hydrogens (tertiary/aromatic N) is 3. The van der Waals surface area contributed by atoms with Gasteiger partial charge in [0.15, 0.2) is 0 Å². The largest absolute Gasteiger partial charge is 0.507 e. The van der Waals surface area contributed by atoms with Gasteiger partial charge in [-0.1, -0.05) is 37.5 Å². The number of phenolic OH excluding ortho intramolecular Hbond substituents is 1. The number of hydrogen-bond acceptors (Lipinski definition) is 4. The van der Waals surface area contributed by atoms with Gasteiger partial charge in [-0.2, -0.15) is 0 Å². The lowest BCUT2D eigenvalue weighted by molar-refractivity contribution is 0.185. The van der Waals surface area contributed by atoms with Crippen molar-refractivity contribution >= 4 is 17.6 Å². The van der Waals surface area contributed by atoms with E-state index < -0.39 is 0 Å². The number of benzene rings is 2. The van der Waals surface area contributed by atoms with Gasteiger partial charge in [0.2, 0.25) is 0 Å². The van der Waals surface area contributed by atoms with Crippen LogP contribution in [-0.2, 0) is 6.54 Å². The van der Waals surface area contributed by atoms with Crippen LogP contribution >= 0.6 is 0 Å². The molecule has 2 aromatic carbocycles. The van der Waals surface area contributed by atoms with Gasteiger partial charge in [-0.25, -0.2) is 0 Å². The van der Waals surface area contributed by atoms with Gasteiger partial charge in [0.1, 0.15) is 5.75 Å². The van der Waals surface area contributed by atoms with Crippen LogP contribution in [0.25, 0.3) is 0 Å². The molecule has 1 saturated carbocycles. The van der Waals surface area contributed by atoms with E-state index >= 15 is 0 Å². The SMILES string of the molecule is CN(C)c1ccc(C=Nc2ccccc2CN(C)C2CCCCC2)c(O)c1. The molecule has 0 spiro atoms. The quantitative estimate of drug-likeness (QED) is 0.734. The minimum Gasteiger partial charge on any atom is -0.507 e. The molecule has 1 N–H and O–H groups in total. The van der Waals surface area contributed by atoms with Gasteiger partial charge in [0, 0.05) is 50.2 Å². The number of para-hydroxylation sites is 1. The number of rotatable bonds is 6. The Bertz CT molecular complexity index is 779. The minimum absolute atomic E-state index is 0.252. The second-order valence-corrected chi connectivity index (χ2v) is 7.73. The third-order valence-corrected chi connectivity index (χ3v) is 5.48. The molecule has 3 rings (SSSR count). The number of hydrogen-bond donors (Lipinski definition) is 1. The maximum atomic E-state index is 10.3. The maximum Gasteiger partial charge on any atom is 0.126 e. The Hall–Kier alpha value is -2.33. The Labute approximate surface area is 163 Å². The summed E-state index contributed by atoms with van der Waals surface area (Å²) >= 11 is 0. The summed E-state index contributed by atoms with van der Waals surface area (Å²) < 4.78 is 0. The number of aliphatic imine (C=N–C) groups is 1. The van der Waals surface area contributed by atoms with Crippen LogP contribution in [0.3, 0.4) is 0 Å². The zero-order chi connectivity index (χ0) is 19.2. The van der Waals surface area contributed by atoms with Gasteiger partial charge in [0.05, 0.1) is 5.69 Å². The van der Waals surface area contributed by atoms with Crippen LogP contribution in [0.5, 0.6) is 5.75 Å². The van der Waals surface area contributed by atoms with Crippen molar-refractivity contribution in [2.45, 2.75) is 44.7 Å². The minimum atomic E-state index is 0.252. The molecule has 0 aliphatic heterocycles. The van der Waals surface area contributed by atoms with Crippen LogP contribution in [0.2, 0.25) is 0 Å². The molecular formula is C23H31N3O. The highest BCUT2D eigenvalue weighted by atomic mass is 16.3. The molecule has 0 unspecified atom stereocenters. The van der Waals surface area contributed by atoms with Crippen molar-refractivity contribution in [1.82, 2.24) is 4.90 Å². The van der Waals surface area contributed by atoms with Crippen LogP contribution in [0, 0.1) is 0 Å². The standard InChI is InChI=1S/C23H31N3O/c1-25(2)21-14-13-18(23(27)15-21)16-24-22-12-8-7-9-19(22)17-26(3)20-10-5-4-6-11-20/h7-9,12-16,20,27H,4-6,10-11,17H2,1-3H3. The number of phenols is 1. The first-order valence-electron chi connectivity index (χ1n) is 9.87. The zero-order valence-electron chi connectivity index (χ0n) is 16.7. The molecule has 27 heavy (non-hydrogen) atoms. The lowest BCUT2D eigenvalue weighted by atomic mass is 9.94. The van der Waals surface area contributed by atoms with E-state index in [1.807, 2.05) is 43.3 Å². The first-order chi connectivity index (χ1) is 13.0. The summed E-state index contributed by atoms with van der Waals surface area (Å²) in [5.74, 6) is 0.252. The Morgan fingerprint density at radius 3 is 2.48 bits per heavy atom. The molecule has 0 atom stereocenters. The molecule has 0 amide bonds. The van der Waals surface area contributed by atoms with Gasteiger partial charge in [-0.05, 0) is 43.7 Å². The Balaban J connectivity index is 1.74. The average molecular weight is 366 g/mol. The molecule has 1 fully saturated rings. The Morgan fingerprint density at radius 2 is 1.78 bits per heavy atom. The smallest absolute Gasteiger partial charge is 0.126 e. The van der Waals surface area contributed by atoms with Crippen molar-refractivity contribution in [3.8, 4) is 5.75 Å². The van der Waals surface area contributed by atoms with Gasteiger partial charge in [-0.15, -0.1) is 0 Å². The maximum absolute atomic E-state index is 10.3. The van der Waals surface area contributed by atoms with Crippen LogP contribution in [-0.4, -0.2) is 43.4 Å². The van der Waals surface area contributed by atoms with Crippen molar-refractivity contribution < 1.29 is 5.11 Å². The number of aromatic hydroxyl groups is 1. The molecule has 0 bridgehead atoms. The lowest BCUT2D eigenvalue weighted by Gasteiger charge is -2.31. The second-order valence-electron chi connectivity index (χ2n) is 7.73. The topological polar surface area (TPSA) is 39.1 Å². The van der Waals surface area contributed by atoms with Crippen molar-refractivity contribution in [1.29, 1.82) is 0 Å². The summed E-state index contributed by atoms with van der Waals surface area (Å²) in [6.45, 7) is 0.906. The highest BCUT2D eigenvalue weighted by Crippen LogP contribution is 2.27. The van der Waals surface area contributed by atoms with E-state index in [0.717, 1.165) is 23.5 Å². The molecule has 2 aromatic rings. The first kappa shape index (κ1) is 19.4. The van der Waals surface area contributed by atoms with Crippen molar-refractivity contribution in [3.63, 3.8) is 0 Å². The monoisotopic (exact) mass is 365 g/mol. The van der Waals surface area contributed by atoms with Crippen LogP contribution < -0.4 is 4.90 Å². The van der Waals surface area contributed by atoms with Gasteiger partial charge < -0.3 is 10.0 Å². The van der Waals surface area contributed by atoms with E-state index in [1.165, 1.54) is 37.7 Å². The van der Waals surface area contributed by atoms with E-state index in [-0.39, 0.29) is 5.75 Å². The Kier molecular flexibility index (Phi) is 6.51. The summed E-state index contributed by atoms with van der Waals surface area (Å²) in [6, 6.07) is 14.6. The van der Waals surface area contributed by atoms with E-state index in [0.29, 0.717) is 6.04 Å². The van der Waals surface area contributed by atoms with Crippen LogP contribution in [0.15, 0.2) is 47.5 Å². The summed E-state index contributed by atoms with van der Waals surface area (Å²) in [5, 5.41) is 10.3. The zero-order valence-corrected chi connectivity index (χ0v) is 16.7. The molecule has 0 saturated heterocycles. The molecule has 0 aromatic heterocycles. The van der Waals surface area contributed by atoms with E-state index in [2.05, 4.69) is 29.1 Å². The summed E-state index contributed by atoms with van der Waals surface area (Å²) in [6.07, 6.45) is 8.42. The van der Waals surface area contributed by atoms with Gasteiger partial charge in [-0.3, -0.25) is 9.89 Å². The average Bonchev–Trinajstić information content (AvgIpc) is 2.68. The molecule has 4 nitrogen and oxygen atoms in total. The van der Waals surface area contributed by atoms with E-state index in [1.54, 1.807) is 12.3 Å². The predicted octanol–water partition coefficient (Wildman–Crippen LogP) is 4.97. The summed E-state index contributed by atoms with van der Waals surface area (Å²) in [7, 11) is 6.14. The van der Waals surface area contributed by atoms with Crippen LogP contribution in [0.1, 0.15) is 43.2 Å². The molecular weight excluding hydrogens is 334 g/mol. The highest BCUT2D eigenvalue weighted by Gasteiger charge is 2.18. The molecule has 4 heteroatoms. The summed E-state index contributed by atoms with van der Waals surface area (Å²) in [5.41, 5.74) is 3.90.